The Hall–Kier alpha value is -0.700. The van der Waals surface area contributed by atoms with Crippen LogP contribution in [0.3, 0.4) is 0 Å². The highest BCUT2D eigenvalue weighted by Crippen LogP contribution is 2.07. The van der Waals surface area contributed by atoms with E-state index in [0.717, 1.165) is 12.0 Å². The molecule has 1 rings (SSSR count). The van der Waals surface area contributed by atoms with Crippen molar-refractivity contribution in [2.45, 2.75) is 6.42 Å². The first-order valence-electron chi connectivity index (χ1n) is 2.68. The van der Waals surface area contributed by atoms with Crippen LogP contribution in [0.4, 0.5) is 0 Å². The topological polar surface area (TPSA) is 35.9 Å². The van der Waals surface area contributed by atoms with Crippen LogP contribution in [0.1, 0.15) is 6.42 Å². The maximum Gasteiger partial charge on any atom is 0.0889 e. The number of allylic oxidation sites excluding steroid dienone is 1. The molecule has 0 fully saturated rings. The van der Waals surface area contributed by atoms with E-state index in [-0.39, 0.29) is 0 Å². The summed E-state index contributed by atoms with van der Waals surface area (Å²) < 4.78 is 0. The minimum Gasteiger partial charge on any atom is -0.368 e. The fourth-order valence-corrected chi connectivity index (χ4v) is 0.782. The van der Waals surface area contributed by atoms with Crippen LogP contribution >= 0.6 is 12.6 Å². The van der Waals surface area contributed by atoms with E-state index >= 15 is 0 Å². The molecule has 1 aliphatic rings. The number of nitrogens with one attached hydrogen (secondary N) is 2. The van der Waals surface area contributed by atoms with Crippen LogP contribution in [0.15, 0.2) is 24.0 Å². The van der Waals surface area contributed by atoms with E-state index in [1.165, 1.54) is 0 Å². The molecule has 9 heavy (non-hydrogen) atoms. The smallest absolute Gasteiger partial charge is 0.0889 e. The van der Waals surface area contributed by atoms with Gasteiger partial charge in [0.25, 0.3) is 0 Å². The quantitative estimate of drug-likeness (QED) is 0.286. The maximum atomic E-state index is 7.11. The Kier molecular flexibility index (Phi) is 1.95. The monoisotopic (exact) mass is 140 g/mol. The highest BCUT2D eigenvalue weighted by molar-refractivity contribution is 7.97. The van der Waals surface area contributed by atoms with Gasteiger partial charge in [-0.05, 0) is 12.6 Å². The molecule has 0 saturated carbocycles. The molecule has 48 valence electrons. The standard InChI is InChI=1S/C6H8N2S/c7-6(9)5-2-1-3-8-4-5/h1,3-4,8H,2H2,(H2,7,9). The predicted octanol–water partition coefficient (Wildman–Crippen LogP) is 1.28. The van der Waals surface area contributed by atoms with E-state index in [0.29, 0.717) is 5.04 Å². The van der Waals surface area contributed by atoms with Gasteiger partial charge in [0, 0.05) is 11.8 Å². The molecule has 2 nitrogen and oxygen atoms in total. The average molecular weight is 140 g/mol. The van der Waals surface area contributed by atoms with E-state index in [9.17, 15) is 0 Å². The van der Waals surface area contributed by atoms with Gasteiger partial charge in [0.15, 0.2) is 0 Å². The predicted molar refractivity (Wildman–Crippen MR) is 41.7 cm³/mol. The molecule has 1 heterocycles. The first kappa shape index (κ1) is 6.42. The molecule has 0 aliphatic carbocycles. The van der Waals surface area contributed by atoms with Gasteiger partial charge in [-0.2, -0.15) is 0 Å². The maximum absolute atomic E-state index is 7.11. The van der Waals surface area contributed by atoms with Crippen LogP contribution in [0.5, 0.6) is 0 Å². The van der Waals surface area contributed by atoms with Gasteiger partial charge in [0.1, 0.15) is 0 Å². The third-order valence-electron chi connectivity index (χ3n) is 1.11. The second-order valence-corrected chi connectivity index (χ2v) is 2.24. The minimum absolute atomic E-state index is 0.340. The molecule has 2 N–H and O–H groups in total. The molecule has 0 saturated heterocycles. The second-order valence-electron chi connectivity index (χ2n) is 1.79. The zero-order valence-corrected chi connectivity index (χ0v) is 5.78. The summed E-state index contributed by atoms with van der Waals surface area (Å²) in [6.45, 7) is 0. The lowest BCUT2D eigenvalue weighted by molar-refractivity contribution is 1.08. The number of dihydropyridines is 1. The lowest BCUT2D eigenvalue weighted by Crippen LogP contribution is -2.04. The van der Waals surface area contributed by atoms with E-state index < -0.39 is 0 Å². The summed E-state index contributed by atoms with van der Waals surface area (Å²) in [6, 6.07) is 0. The molecule has 0 amide bonds. The summed E-state index contributed by atoms with van der Waals surface area (Å²) in [6.07, 6.45) is 6.41. The highest BCUT2D eigenvalue weighted by Gasteiger charge is 1.99. The number of rotatable bonds is 1. The van der Waals surface area contributed by atoms with Gasteiger partial charge in [-0.15, -0.1) is 12.6 Å². The van der Waals surface area contributed by atoms with E-state index in [2.05, 4.69) is 17.9 Å². The number of thiol groups is 1. The van der Waals surface area contributed by atoms with Crippen molar-refractivity contribution in [3.8, 4) is 0 Å². The van der Waals surface area contributed by atoms with Gasteiger partial charge < -0.3 is 5.32 Å². The van der Waals surface area contributed by atoms with E-state index in [1.54, 1.807) is 6.20 Å². The van der Waals surface area contributed by atoms with Gasteiger partial charge >= 0.3 is 0 Å². The third-order valence-corrected chi connectivity index (χ3v) is 1.40. The number of hydrogen-bond acceptors (Lipinski definition) is 2. The SMILES string of the molecule is N=C(S)C1=CNC=CC1. The van der Waals surface area contributed by atoms with Gasteiger partial charge in [0.05, 0.1) is 5.04 Å². The fourth-order valence-electron chi connectivity index (χ4n) is 0.627. The molecule has 0 bridgehead atoms. The van der Waals surface area contributed by atoms with E-state index in [1.807, 2.05) is 12.3 Å². The van der Waals surface area contributed by atoms with Crippen molar-refractivity contribution >= 4 is 17.7 Å². The van der Waals surface area contributed by atoms with Crippen LogP contribution in [0, 0.1) is 5.41 Å². The van der Waals surface area contributed by atoms with Gasteiger partial charge in [-0.1, -0.05) is 6.08 Å². The molecule has 0 aromatic heterocycles. The molecular formula is C6H8N2S. The van der Waals surface area contributed by atoms with Crippen molar-refractivity contribution < 1.29 is 0 Å². The molecule has 0 radical (unpaired) electrons. The summed E-state index contributed by atoms with van der Waals surface area (Å²) >= 11 is 3.88. The van der Waals surface area contributed by atoms with Crippen LogP contribution < -0.4 is 5.32 Å². The molecule has 0 aromatic rings. The number of hydrogen-bond donors (Lipinski definition) is 3. The summed E-state index contributed by atoms with van der Waals surface area (Å²) in [5, 5.41) is 10.3. The summed E-state index contributed by atoms with van der Waals surface area (Å²) in [5.41, 5.74) is 0.931. The Morgan fingerprint density at radius 1 is 1.78 bits per heavy atom. The van der Waals surface area contributed by atoms with Gasteiger partial charge in [-0.25, -0.2) is 0 Å². The fraction of sp³-hybridized carbons (Fsp3) is 0.167. The van der Waals surface area contributed by atoms with Crippen molar-refractivity contribution in [3.05, 3.63) is 24.0 Å². The minimum atomic E-state index is 0.340. The first-order chi connectivity index (χ1) is 4.30. The molecule has 3 heteroatoms. The van der Waals surface area contributed by atoms with Crippen LogP contribution in [0.25, 0.3) is 0 Å². The Balaban J connectivity index is 2.61. The van der Waals surface area contributed by atoms with Crippen molar-refractivity contribution in [2.75, 3.05) is 0 Å². The van der Waals surface area contributed by atoms with E-state index in [4.69, 9.17) is 5.41 Å². The second kappa shape index (κ2) is 2.73. The Morgan fingerprint density at radius 3 is 2.89 bits per heavy atom. The normalized spacial score (nSPS) is 16.3. The Labute approximate surface area is 59.6 Å². The van der Waals surface area contributed by atoms with Crippen LogP contribution in [0.2, 0.25) is 0 Å². The highest BCUT2D eigenvalue weighted by atomic mass is 32.1. The molecular weight excluding hydrogens is 132 g/mol. The zero-order valence-electron chi connectivity index (χ0n) is 4.89. The van der Waals surface area contributed by atoms with Crippen molar-refractivity contribution in [1.29, 1.82) is 5.41 Å². The van der Waals surface area contributed by atoms with Gasteiger partial charge in [0.2, 0.25) is 0 Å². The lowest BCUT2D eigenvalue weighted by Gasteiger charge is -2.05. The molecule has 1 aliphatic heterocycles. The average Bonchev–Trinajstić information content (AvgIpc) is 1.90. The van der Waals surface area contributed by atoms with Crippen molar-refractivity contribution in [3.63, 3.8) is 0 Å². The first-order valence-corrected chi connectivity index (χ1v) is 3.13. The lowest BCUT2D eigenvalue weighted by atomic mass is 10.2. The van der Waals surface area contributed by atoms with Crippen molar-refractivity contribution in [1.82, 2.24) is 5.32 Å². The molecule has 0 unspecified atom stereocenters. The summed E-state index contributed by atoms with van der Waals surface area (Å²) in [7, 11) is 0. The Morgan fingerprint density at radius 2 is 2.56 bits per heavy atom. The summed E-state index contributed by atoms with van der Waals surface area (Å²) in [4.78, 5) is 0. The zero-order chi connectivity index (χ0) is 6.69. The van der Waals surface area contributed by atoms with Crippen LogP contribution in [-0.4, -0.2) is 5.04 Å². The third kappa shape index (κ3) is 1.61. The largest absolute Gasteiger partial charge is 0.368 e. The molecule has 0 spiro atoms. The Bertz CT molecular complexity index is 181. The van der Waals surface area contributed by atoms with Crippen molar-refractivity contribution in [2.24, 2.45) is 0 Å². The van der Waals surface area contributed by atoms with Crippen LogP contribution in [-0.2, 0) is 0 Å². The summed E-state index contributed by atoms with van der Waals surface area (Å²) in [5.74, 6) is 0. The van der Waals surface area contributed by atoms with Gasteiger partial charge in [-0.3, -0.25) is 5.41 Å². The molecule has 0 aromatic carbocycles. The molecule has 0 atom stereocenters.